The van der Waals surface area contributed by atoms with Gasteiger partial charge in [0.25, 0.3) is 5.91 Å². The van der Waals surface area contributed by atoms with Gasteiger partial charge in [0, 0.05) is 17.8 Å². The first-order valence-electron chi connectivity index (χ1n) is 7.11. The minimum atomic E-state index is -0.198. The standard InChI is InChI=1S/C17H16Cl2N2O2/c1-2-20-17(23)12-4-3-5-13(10-12)21-16(22)9-11-6-7-14(18)15(19)8-11/h3-8,10H,2,9H2,1H3,(H,20,23)(H,21,22). The van der Waals surface area contributed by atoms with Gasteiger partial charge < -0.3 is 10.6 Å². The highest BCUT2D eigenvalue weighted by Gasteiger charge is 2.09. The van der Waals surface area contributed by atoms with Gasteiger partial charge in [0.2, 0.25) is 5.91 Å². The average molecular weight is 351 g/mol. The molecule has 0 saturated heterocycles. The van der Waals surface area contributed by atoms with E-state index in [0.717, 1.165) is 5.56 Å². The molecule has 120 valence electrons. The number of carbonyl (C=O) groups is 2. The Hall–Kier alpha value is -2.04. The summed E-state index contributed by atoms with van der Waals surface area (Å²) >= 11 is 11.8. The van der Waals surface area contributed by atoms with Crippen LogP contribution in [-0.2, 0) is 11.2 Å². The molecule has 2 aromatic carbocycles. The van der Waals surface area contributed by atoms with E-state index < -0.39 is 0 Å². The summed E-state index contributed by atoms with van der Waals surface area (Å²) in [7, 11) is 0. The zero-order chi connectivity index (χ0) is 16.8. The van der Waals surface area contributed by atoms with Crippen LogP contribution >= 0.6 is 23.2 Å². The summed E-state index contributed by atoms with van der Waals surface area (Å²) in [5.41, 5.74) is 1.83. The van der Waals surface area contributed by atoms with Crippen LogP contribution in [0.25, 0.3) is 0 Å². The Morgan fingerprint density at radius 1 is 1.04 bits per heavy atom. The number of rotatable bonds is 5. The second-order valence-corrected chi connectivity index (χ2v) is 5.73. The van der Waals surface area contributed by atoms with E-state index in [2.05, 4.69) is 10.6 Å². The maximum absolute atomic E-state index is 12.1. The zero-order valence-corrected chi connectivity index (χ0v) is 14.0. The zero-order valence-electron chi connectivity index (χ0n) is 12.5. The fourth-order valence-electron chi connectivity index (χ4n) is 2.04. The maximum Gasteiger partial charge on any atom is 0.251 e. The fourth-order valence-corrected chi connectivity index (χ4v) is 2.36. The molecule has 2 amide bonds. The first-order chi connectivity index (χ1) is 11.0. The van der Waals surface area contributed by atoms with Gasteiger partial charge in [-0.2, -0.15) is 0 Å². The first-order valence-corrected chi connectivity index (χ1v) is 7.87. The molecular weight excluding hydrogens is 335 g/mol. The molecule has 0 fully saturated rings. The third-order valence-electron chi connectivity index (χ3n) is 3.09. The van der Waals surface area contributed by atoms with Crippen molar-refractivity contribution in [3.8, 4) is 0 Å². The van der Waals surface area contributed by atoms with Crippen molar-refractivity contribution in [3.63, 3.8) is 0 Å². The van der Waals surface area contributed by atoms with Crippen LogP contribution in [0.3, 0.4) is 0 Å². The monoisotopic (exact) mass is 350 g/mol. The molecule has 2 N–H and O–H groups in total. The maximum atomic E-state index is 12.1. The van der Waals surface area contributed by atoms with Crippen molar-refractivity contribution in [1.29, 1.82) is 0 Å². The van der Waals surface area contributed by atoms with Crippen LogP contribution in [0, 0.1) is 0 Å². The lowest BCUT2D eigenvalue weighted by atomic mass is 10.1. The van der Waals surface area contributed by atoms with Crippen molar-refractivity contribution in [2.24, 2.45) is 0 Å². The van der Waals surface area contributed by atoms with Crippen molar-refractivity contribution in [1.82, 2.24) is 5.32 Å². The molecule has 0 spiro atoms. The van der Waals surface area contributed by atoms with Gasteiger partial charge in [-0.25, -0.2) is 0 Å². The average Bonchev–Trinajstić information content (AvgIpc) is 2.51. The van der Waals surface area contributed by atoms with Crippen LogP contribution in [0.15, 0.2) is 42.5 Å². The summed E-state index contributed by atoms with van der Waals surface area (Å²) in [4.78, 5) is 23.9. The summed E-state index contributed by atoms with van der Waals surface area (Å²) in [6.07, 6.45) is 0.169. The quantitative estimate of drug-likeness (QED) is 0.858. The van der Waals surface area contributed by atoms with Gasteiger partial charge in [-0.3, -0.25) is 9.59 Å². The normalized spacial score (nSPS) is 10.2. The summed E-state index contributed by atoms with van der Waals surface area (Å²) in [5, 5.41) is 6.34. The minimum Gasteiger partial charge on any atom is -0.352 e. The predicted molar refractivity (Wildman–Crippen MR) is 93.2 cm³/mol. The minimum absolute atomic E-state index is 0.169. The molecule has 0 bridgehead atoms. The van der Waals surface area contributed by atoms with Gasteiger partial charge >= 0.3 is 0 Å². The van der Waals surface area contributed by atoms with E-state index in [1.165, 1.54) is 0 Å². The van der Waals surface area contributed by atoms with Gasteiger partial charge in [0.05, 0.1) is 16.5 Å². The van der Waals surface area contributed by atoms with Crippen LogP contribution in [-0.4, -0.2) is 18.4 Å². The van der Waals surface area contributed by atoms with Crippen LogP contribution in [0.4, 0.5) is 5.69 Å². The van der Waals surface area contributed by atoms with Gasteiger partial charge in [-0.15, -0.1) is 0 Å². The van der Waals surface area contributed by atoms with Crippen molar-refractivity contribution in [2.45, 2.75) is 13.3 Å². The first kappa shape index (κ1) is 17.3. The third-order valence-corrected chi connectivity index (χ3v) is 3.83. The van der Waals surface area contributed by atoms with Crippen LogP contribution in [0.1, 0.15) is 22.8 Å². The molecule has 0 saturated carbocycles. The lowest BCUT2D eigenvalue weighted by Gasteiger charge is -2.08. The molecule has 0 radical (unpaired) electrons. The van der Waals surface area contributed by atoms with Crippen molar-refractivity contribution in [3.05, 3.63) is 63.6 Å². The molecule has 0 aliphatic carbocycles. The van der Waals surface area contributed by atoms with Crippen LogP contribution < -0.4 is 10.6 Å². The molecule has 0 atom stereocenters. The topological polar surface area (TPSA) is 58.2 Å². The highest BCUT2D eigenvalue weighted by atomic mass is 35.5. The van der Waals surface area contributed by atoms with Gasteiger partial charge in [0.1, 0.15) is 0 Å². The second kappa shape index (κ2) is 7.99. The smallest absolute Gasteiger partial charge is 0.251 e. The molecule has 0 aromatic heterocycles. The summed E-state index contributed by atoms with van der Waals surface area (Å²) in [5.74, 6) is -0.371. The van der Waals surface area contributed by atoms with Gasteiger partial charge in [-0.1, -0.05) is 35.3 Å². The van der Waals surface area contributed by atoms with Gasteiger partial charge in [0.15, 0.2) is 0 Å². The van der Waals surface area contributed by atoms with Crippen LogP contribution in [0.2, 0.25) is 10.0 Å². The molecular formula is C17H16Cl2N2O2. The van der Waals surface area contributed by atoms with E-state index in [4.69, 9.17) is 23.2 Å². The molecule has 4 nitrogen and oxygen atoms in total. The van der Waals surface area contributed by atoms with E-state index in [1.807, 2.05) is 6.92 Å². The van der Waals surface area contributed by atoms with E-state index in [1.54, 1.807) is 42.5 Å². The van der Waals surface area contributed by atoms with Crippen molar-refractivity contribution < 1.29 is 9.59 Å². The summed E-state index contributed by atoms with van der Waals surface area (Å²) < 4.78 is 0. The highest BCUT2D eigenvalue weighted by Crippen LogP contribution is 2.23. The number of hydrogen-bond acceptors (Lipinski definition) is 2. The SMILES string of the molecule is CCNC(=O)c1cccc(NC(=O)Cc2ccc(Cl)c(Cl)c2)c1. The highest BCUT2D eigenvalue weighted by molar-refractivity contribution is 6.42. The molecule has 0 unspecified atom stereocenters. The molecule has 2 aromatic rings. The number of amides is 2. The van der Waals surface area contributed by atoms with Crippen molar-refractivity contribution in [2.75, 3.05) is 11.9 Å². The third kappa shape index (κ3) is 4.98. The number of anilines is 1. The number of benzene rings is 2. The van der Waals surface area contributed by atoms with Crippen LogP contribution in [0.5, 0.6) is 0 Å². The molecule has 0 heterocycles. The molecule has 2 rings (SSSR count). The van der Waals surface area contributed by atoms with Gasteiger partial charge in [-0.05, 0) is 42.8 Å². The Morgan fingerprint density at radius 3 is 2.52 bits per heavy atom. The summed E-state index contributed by atoms with van der Waals surface area (Å²) in [6.45, 7) is 2.40. The van der Waals surface area contributed by atoms with E-state index in [9.17, 15) is 9.59 Å². The lowest BCUT2D eigenvalue weighted by molar-refractivity contribution is -0.115. The Balaban J connectivity index is 2.03. The number of halogens is 2. The van der Waals surface area contributed by atoms with E-state index in [0.29, 0.717) is 27.8 Å². The Morgan fingerprint density at radius 2 is 1.83 bits per heavy atom. The van der Waals surface area contributed by atoms with E-state index >= 15 is 0 Å². The lowest BCUT2D eigenvalue weighted by Crippen LogP contribution is -2.23. The Labute approximate surface area is 144 Å². The number of carbonyl (C=O) groups excluding carboxylic acids is 2. The molecule has 0 aliphatic heterocycles. The molecule has 23 heavy (non-hydrogen) atoms. The Bertz CT molecular complexity index is 732. The molecule has 0 aliphatic rings. The largest absolute Gasteiger partial charge is 0.352 e. The summed E-state index contributed by atoms with van der Waals surface area (Å²) in [6, 6.07) is 11.8. The molecule has 6 heteroatoms. The fraction of sp³-hybridized carbons (Fsp3) is 0.176. The second-order valence-electron chi connectivity index (χ2n) is 4.91. The Kier molecular flexibility index (Phi) is 6.02. The van der Waals surface area contributed by atoms with E-state index in [-0.39, 0.29) is 18.2 Å². The number of hydrogen-bond donors (Lipinski definition) is 2. The number of nitrogens with one attached hydrogen (secondary N) is 2. The predicted octanol–water partition coefficient (Wildman–Crippen LogP) is 3.92. The van der Waals surface area contributed by atoms with Crippen molar-refractivity contribution >= 4 is 40.7 Å².